The summed E-state index contributed by atoms with van der Waals surface area (Å²) in [6.07, 6.45) is 0. The van der Waals surface area contributed by atoms with Crippen molar-refractivity contribution in [2.45, 2.75) is 5.38 Å². The summed E-state index contributed by atoms with van der Waals surface area (Å²) in [5.41, 5.74) is 1.32. The minimum Gasteiger partial charge on any atom is -0.496 e. The van der Waals surface area contributed by atoms with Gasteiger partial charge in [-0.15, -0.1) is 11.6 Å². The SMILES string of the molecule is COc1ccc(Cl)cc1C(Cl)c1cccc(F)c1Br. The van der Waals surface area contributed by atoms with E-state index < -0.39 is 5.38 Å². The van der Waals surface area contributed by atoms with E-state index in [9.17, 15) is 4.39 Å². The molecular formula is C14H10BrCl2FO. The maximum Gasteiger partial charge on any atom is 0.137 e. The lowest BCUT2D eigenvalue weighted by Gasteiger charge is -2.16. The molecule has 0 amide bonds. The minimum absolute atomic E-state index is 0.344. The third kappa shape index (κ3) is 3.04. The number of hydrogen-bond acceptors (Lipinski definition) is 1. The Morgan fingerprint density at radius 2 is 1.95 bits per heavy atom. The van der Waals surface area contributed by atoms with E-state index in [-0.39, 0.29) is 5.82 Å². The standard InChI is InChI=1S/C14H10BrCl2FO/c1-19-12-6-5-8(16)7-10(12)14(17)9-3-2-4-11(18)13(9)15/h2-7,14H,1H3. The van der Waals surface area contributed by atoms with Crippen LogP contribution in [-0.2, 0) is 0 Å². The first-order valence-electron chi connectivity index (χ1n) is 5.46. The van der Waals surface area contributed by atoms with Crippen molar-refractivity contribution in [1.82, 2.24) is 0 Å². The zero-order valence-corrected chi connectivity index (χ0v) is 13.1. The van der Waals surface area contributed by atoms with Gasteiger partial charge in [0, 0.05) is 10.6 Å². The van der Waals surface area contributed by atoms with Crippen LogP contribution in [-0.4, -0.2) is 7.11 Å². The van der Waals surface area contributed by atoms with Crippen molar-refractivity contribution in [1.29, 1.82) is 0 Å². The van der Waals surface area contributed by atoms with Crippen molar-refractivity contribution in [3.8, 4) is 5.75 Å². The van der Waals surface area contributed by atoms with E-state index >= 15 is 0 Å². The fraction of sp³-hybridized carbons (Fsp3) is 0.143. The number of halogens is 4. The predicted octanol–water partition coefficient (Wildman–Crippen LogP) is 5.58. The Labute approximate surface area is 129 Å². The molecule has 0 aliphatic heterocycles. The van der Waals surface area contributed by atoms with E-state index in [4.69, 9.17) is 27.9 Å². The van der Waals surface area contributed by atoms with Crippen LogP contribution in [0.3, 0.4) is 0 Å². The molecule has 0 aliphatic carbocycles. The fourth-order valence-electron chi connectivity index (χ4n) is 1.79. The summed E-state index contributed by atoms with van der Waals surface area (Å²) in [4.78, 5) is 0. The van der Waals surface area contributed by atoms with Gasteiger partial charge >= 0.3 is 0 Å². The molecule has 0 radical (unpaired) electrons. The monoisotopic (exact) mass is 362 g/mol. The Hall–Kier alpha value is -0.770. The van der Waals surface area contributed by atoms with Crippen molar-refractivity contribution >= 4 is 39.1 Å². The van der Waals surface area contributed by atoms with E-state index in [1.807, 2.05) is 0 Å². The number of methoxy groups -OCH3 is 1. The lowest BCUT2D eigenvalue weighted by atomic mass is 10.0. The molecule has 0 aliphatic rings. The molecule has 1 nitrogen and oxygen atoms in total. The van der Waals surface area contributed by atoms with Gasteiger partial charge in [-0.3, -0.25) is 0 Å². The highest BCUT2D eigenvalue weighted by atomic mass is 79.9. The minimum atomic E-state index is -0.557. The molecule has 0 bridgehead atoms. The molecule has 0 aromatic heterocycles. The first kappa shape index (κ1) is 14.6. The molecule has 2 aromatic carbocycles. The second kappa shape index (κ2) is 6.12. The molecule has 1 atom stereocenters. The largest absolute Gasteiger partial charge is 0.496 e. The smallest absolute Gasteiger partial charge is 0.137 e. The Morgan fingerprint density at radius 3 is 2.63 bits per heavy atom. The average molecular weight is 364 g/mol. The lowest BCUT2D eigenvalue weighted by Crippen LogP contribution is -1.99. The summed E-state index contributed by atoms with van der Waals surface area (Å²) in [6.45, 7) is 0. The summed E-state index contributed by atoms with van der Waals surface area (Å²) in [7, 11) is 1.55. The fourth-order valence-corrected chi connectivity index (χ4v) is 2.94. The van der Waals surface area contributed by atoms with Gasteiger partial charge in [0.25, 0.3) is 0 Å². The Balaban J connectivity index is 2.52. The van der Waals surface area contributed by atoms with E-state index in [1.54, 1.807) is 37.4 Å². The van der Waals surface area contributed by atoms with Crippen LogP contribution in [0.25, 0.3) is 0 Å². The molecule has 0 fully saturated rings. The lowest BCUT2D eigenvalue weighted by molar-refractivity contribution is 0.410. The number of benzene rings is 2. The van der Waals surface area contributed by atoms with Gasteiger partial charge in [0.15, 0.2) is 0 Å². The van der Waals surface area contributed by atoms with Gasteiger partial charge in [-0.25, -0.2) is 4.39 Å². The molecule has 0 saturated carbocycles. The molecule has 1 unspecified atom stereocenters. The van der Waals surface area contributed by atoms with E-state index in [0.717, 1.165) is 0 Å². The van der Waals surface area contributed by atoms with Crippen LogP contribution in [0.2, 0.25) is 5.02 Å². The molecule has 0 saturated heterocycles. The molecule has 0 N–H and O–H groups in total. The first-order valence-corrected chi connectivity index (χ1v) is 7.06. The third-order valence-corrected chi connectivity index (χ3v) is 4.26. The Bertz CT molecular complexity index is 604. The molecule has 2 aromatic rings. The topological polar surface area (TPSA) is 9.23 Å². The van der Waals surface area contributed by atoms with Crippen molar-refractivity contribution in [2.75, 3.05) is 7.11 Å². The van der Waals surface area contributed by atoms with Gasteiger partial charge in [-0.2, -0.15) is 0 Å². The quantitative estimate of drug-likeness (QED) is 0.647. The summed E-state index contributed by atoms with van der Waals surface area (Å²) in [6, 6.07) is 9.91. The molecule has 0 heterocycles. The van der Waals surface area contributed by atoms with Crippen LogP contribution in [0, 0.1) is 5.82 Å². The van der Waals surface area contributed by atoms with Crippen LogP contribution in [0.15, 0.2) is 40.9 Å². The third-order valence-electron chi connectivity index (χ3n) is 2.72. The first-order chi connectivity index (χ1) is 9.04. The number of alkyl halides is 1. The van der Waals surface area contributed by atoms with Crippen LogP contribution < -0.4 is 4.74 Å². The number of ether oxygens (including phenoxy) is 1. The Kier molecular flexibility index (Phi) is 4.71. The number of rotatable bonds is 3. The number of hydrogen-bond donors (Lipinski definition) is 0. The van der Waals surface area contributed by atoms with Crippen LogP contribution in [0.5, 0.6) is 5.75 Å². The molecule has 5 heteroatoms. The molecule has 100 valence electrons. The highest BCUT2D eigenvalue weighted by Crippen LogP contribution is 2.39. The van der Waals surface area contributed by atoms with Gasteiger partial charge in [-0.1, -0.05) is 23.7 Å². The summed E-state index contributed by atoms with van der Waals surface area (Å²) in [5, 5.41) is -0.00676. The second-order valence-electron chi connectivity index (χ2n) is 3.89. The van der Waals surface area contributed by atoms with Crippen molar-refractivity contribution in [2.24, 2.45) is 0 Å². The molecule has 0 spiro atoms. The van der Waals surface area contributed by atoms with Crippen molar-refractivity contribution < 1.29 is 9.13 Å². The normalized spacial score (nSPS) is 12.3. The average Bonchev–Trinajstić information content (AvgIpc) is 2.41. The van der Waals surface area contributed by atoms with E-state index in [1.165, 1.54) is 6.07 Å². The van der Waals surface area contributed by atoms with Crippen molar-refractivity contribution in [3.63, 3.8) is 0 Å². The van der Waals surface area contributed by atoms with E-state index in [0.29, 0.717) is 26.4 Å². The van der Waals surface area contributed by atoms with Crippen LogP contribution >= 0.6 is 39.1 Å². The van der Waals surface area contributed by atoms with Gasteiger partial charge in [-0.05, 0) is 45.8 Å². The molecular weight excluding hydrogens is 354 g/mol. The predicted molar refractivity (Wildman–Crippen MR) is 79.8 cm³/mol. The molecule has 2 rings (SSSR count). The highest BCUT2D eigenvalue weighted by Gasteiger charge is 2.20. The van der Waals surface area contributed by atoms with Gasteiger partial charge in [0.05, 0.1) is 17.0 Å². The van der Waals surface area contributed by atoms with Crippen molar-refractivity contribution in [3.05, 3.63) is 62.8 Å². The van der Waals surface area contributed by atoms with Gasteiger partial charge in [0.2, 0.25) is 0 Å². The van der Waals surface area contributed by atoms with Gasteiger partial charge < -0.3 is 4.74 Å². The molecule has 19 heavy (non-hydrogen) atoms. The summed E-state index contributed by atoms with van der Waals surface area (Å²) in [5.74, 6) is 0.254. The van der Waals surface area contributed by atoms with Crippen LogP contribution in [0.1, 0.15) is 16.5 Å². The van der Waals surface area contributed by atoms with E-state index in [2.05, 4.69) is 15.9 Å². The maximum absolute atomic E-state index is 13.6. The zero-order valence-electron chi connectivity index (χ0n) is 9.96. The Morgan fingerprint density at radius 1 is 1.21 bits per heavy atom. The van der Waals surface area contributed by atoms with Gasteiger partial charge in [0.1, 0.15) is 11.6 Å². The van der Waals surface area contributed by atoms with Crippen LogP contribution in [0.4, 0.5) is 4.39 Å². The zero-order chi connectivity index (χ0) is 14.0. The highest BCUT2D eigenvalue weighted by molar-refractivity contribution is 9.10. The second-order valence-corrected chi connectivity index (χ2v) is 5.56. The summed E-state index contributed by atoms with van der Waals surface area (Å²) >= 11 is 15.6. The maximum atomic E-state index is 13.6. The summed E-state index contributed by atoms with van der Waals surface area (Å²) < 4.78 is 19.2.